The summed E-state index contributed by atoms with van der Waals surface area (Å²) >= 11 is 1.31. The number of benzene rings is 1. The van der Waals surface area contributed by atoms with Crippen molar-refractivity contribution in [2.45, 2.75) is 57.1 Å². The number of nitrogens with one attached hydrogen (secondary N) is 1. The zero-order chi connectivity index (χ0) is 21.2. The van der Waals surface area contributed by atoms with E-state index in [9.17, 15) is 9.59 Å². The van der Waals surface area contributed by atoms with E-state index in [4.69, 9.17) is 9.47 Å². The zero-order valence-corrected chi connectivity index (χ0v) is 18.1. The minimum Gasteiger partial charge on any atom is -0.497 e. The van der Waals surface area contributed by atoms with Crippen molar-refractivity contribution in [1.82, 2.24) is 20.1 Å². The van der Waals surface area contributed by atoms with Crippen LogP contribution in [0, 0.1) is 0 Å². The van der Waals surface area contributed by atoms with Crippen molar-refractivity contribution in [3.8, 4) is 5.75 Å². The highest BCUT2D eigenvalue weighted by molar-refractivity contribution is 8.00. The number of esters is 1. The number of carbonyl (C=O) groups excluding carboxylic acids is 2. The maximum Gasteiger partial charge on any atom is 0.319 e. The average Bonchev–Trinajstić information content (AvgIpc) is 3.11. The third-order valence-corrected chi connectivity index (χ3v) is 5.25. The summed E-state index contributed by atoms with van der Waals surface area (Å²) in [5, 5.41) is 11.6. The molecule has 0 radical (unpaired) electrons. The molecule has 1 heterocycles. The maximum absolute atomic E-state index is 12.4. The Labute approximate surface area is 175 Å². The molecular formula is C20H28N4O4S. The molecule has 1 amide bonds. The van der Waals surface area contributed by atoms with E-state index in [1.54, 1.807) is 45.2 Å². The predicted octanol–water partition coefficient (Wildman–Crippen LogP) is 3.06. The molecule has 2 aromatic rings. The van der Waals surface area contributed by atoms with Crippen molar-refractivity contribution in [3.63, 3.8) is 0 Å². The molecule has 1 atom stereocenters. The Hall–Kier alpha value is -2.55. The molecule has 29 heavy (non-hydrogen) atoms. The molecule has 0 fully saturated rings. The van der Waals surface area contributed by atoms with Gasteiger partial charge in [0.05, 0.1) is 20.3 Å². The molecule has 0 aliphatic rings. The molecule has 1 unspecified atom stereocenters. The van der Waals surface area contributed by atoms with Crippen LogP contribution in [0.15, 0.2) is 29.4 Å². The number of thioether (sulfide) groups is 1. The van der Waals surface area contributed by atoms with Gasteiger partial charge in [-0.3, -0.25) is 9.59 Å². The second-order valence-electron chi connectivity index (χ2n) is 6.33. The van der Waals surface area contributed by atoms with Gasteiger partial charge in [-0.15, -0.1) is 10.2 Å². The van der Waals surface area contributed by atoms with Crippen LogP contribution < -0.4 is 10.1 Å². The lowest BCUT2D eigenvalue weighted by molar-refractivity contribution is -0.142. The van der Waals surface area contributed by atoms with Gasteiger partial charge in [-0.2, -0.15) is 0 Å². The fourth-order valence-electron chi connectivity index (χ4n) is 2.55. The highest BCUT2D eigenvalue weighted by Gasteiger charge is 2.21. The SMILES string of the molecule is CCCCn1c(CNC(=O)c2ccc(OC)cc2)nnc1SC(C)C(=O)OCC. The van der Waals surface area contributed by atoms with Crippen LogP contribution in [0.25, 0.3) is 0 Å². The summed E-state index contributed by atoms with van der Waals surface area (Å²) in [5.74, 6) is 0.862. The summed E-state index contributed by atoms with van der Waals surface area (Å²) in [5.41, 5.74) is 0.538. The Balaban J connectivity index is 2.07. The number of carbonyl (C=O) groups is 2. The van der Waals surface area contributed by atoms with Crippen LogP contribution in [-0.4, -0.2) is 45.6 Å². The molecule has 0 spiro atoms. The number of unbranched alkanes of at least 4 members (excludes halogenated alkanes) is 1. The van der Waals surface area contributed by atoms with Crippen LogP contribution in [0.2, 0.25) is 0 Å². The minimum atomic E-state index is -0.388. The summed E-state index contributed by atoms with van der Waals surface area (Å²) in [6.07, 6.45) is 1.95. The lowest BCUT2D eigenvalue weighted by Crippen LogP contribution is -2.25. The number of rotatable bonds is 11. The molecule has 0 aliphatic heterocycles. The van der Waals surface area contributed by atoms with Gasteiger partial charge in [-0.25, -0.2) is 0 Å². The summed E-state index contributed by atoms with van der Waals surface area (Å²) < 4.78 is 12.1. The van der Waals surface area contributed by atoms with Gasteiger partial charge < -0.3 is 19.4 Å². The van der Waals surface area contributed by atoms with Gasteiger partial charge in [0.1, 0.15) is 11.0 Å². The molecule has 0 bridgehead atoms. The van der Waals surface area contributed by atoms with Gasteiger partial charge in [-0.1, -0.05) is 25.1 Å². The fraction of sp³-hybridized carbons (Fsp3) is 0.500. The summed E-state index contributed by atoms with van der Waals surface area (Å²) in [6.45, 7) is 6.97. The molecular weight excluding hydrogens is 392 g/mol. The molecule has 0 saturated carbocycles. The first-order chi connectivity index (χ1) is 14.0. The van der Waals surface area contributed by atoms with Gasteiger partial charge >= 0.3 is 5.97 Å². The molecule has 158 valence electrons. The smallest absolute Gasteiger partial charge is 0.319 e. The van der Waals surface area contributed by atoms with Gasteiger partial charge in [-0.05, 0) is 44.5 Å². The second kappa shape index (κ2) is 11.5. The van der Waals surface area contributed by atoms with E-state index in [1.807, 2.05) is 4.57 Å². The van der Waals surface area contributed by atoms with Gasteiger partial charge in [0.15, 0.2) is 11.0 Å². The van der Waals surface area contributed by atoms with E-state index in [2.05, 4.69) is 22.4 Å². The van der Waals surface area contributed by atoms with E-state index in [0.717, 1.165) is 19.4 Å². The van der Waals surface area contributed by atoms with Crippen molar-refractivity contribution in [3.05, 3.63) is 35.7 Å². The van der Waals surface area contributed by atoms with Crippen LogP contribution in [0.5, 0.6) is 5.75 Å². The molecule has 1 aromatic heterocycles. The van der Waals surface area contributed by atoms with E-state index in [1.165, 1.54) is 11.8 Å². The van der Waals surface area contributed by atoms with Crippen molar-refractivity contribution in [2.75, 3.05) is 13.7 Å². The molecule has 1 N–H and O–H groups in total. The van der Waals surface area contributed by atoms with Crippen molar-refractivity contribution < 1.29 is 19.1 Å². The van der Waals surface area contributed by atoms with Crippen LogP contribution in [0.3, 0.4) is 0 Å². The highest BCUT2D eigenvalue weighted by Crippen LogP contribution is 2.24. The zero-order valence-electron chi connectivity index (χ0n) is 17.3. The van der Waals surface area contributed by atoms with Crippen molar-refractivity contribution in [1.29, 1.82) is 0 Å². The van der Waals surface area contributed by atoms with Crippen LogP contribution in [-0.2, 0) is 22.6 Å². The van der Waals surface area contributed by atoms with E-state index in [0.29, 0.717) is 28.9 Å². The summed E-state index contributed by atoms with van der Waals surface area (Å²) in [7, 11) is 1.58. The number of ether oxygens (including phenoxy) is 2. The first kappa shape index (κ1) is 22.7. The Kier molecular flexibility index (Phi) is 8.98. The predicted molar refractivity (Wildman–Crippen MR) is 111 cm³/mol. The number of aromatic nitrogens is 3. The Morgan fingerprint density at radius 2 is 1.93 bits per heavy atom. The highest BCUT2D eigenvalue weighted by atomic mass is 32.2. The number of hydrogen-bond donors (Lipinski definition) is 1. The minimum absolute atomic E-state index is 0.202. The van der Waals surface area contributed by atoms with Crippen LogP contribution in [0.1, 0.15) is 49.8 Å². The lowest BCUT2D eigenvalue weighted by Gasteiger charge is -2.13. The number of nitrogens with zero attached hydrogens (tertiary/aromatic N) is 3. The first-order valence-electron chi connectivity index (χ1n) is 9.67. The van der Waals surface area contributed by atoms with Crippen molar-refractivity contribution in [2.24, 2.45) is 0 Å². The fourth-order valence-corrected chi connectivity index (χ4v) is 3.44. The molecule has 1 aromatic carbocycles. The monoisotopic (exact) mass is 420 g/mol. The third kappa shape index (κ3) is 6.49. The van der Waals surface area contributed by atoms with Gasteiger partial charge in [0, 0.05) is 12.1 Å². The first-order valence-corrected chi connectivity index (χ1v) is 10.6. The molecule has 0 saturated heterocycles. The quantitative estimate of drug-likeness (QED) is 0.441. The molecule has 0 aliphatic carbocycles. The molecule has 9 heteroatoms. The number of amides is 1. The summed E-state index contributed by atoms with van der Waals surface area (Å²) in [6, 6.07) is 6.89. The third-order valence-electron chi connectivity index (χ3n) is 4.19. The maximum atomic E-state index is 12.4. The Morgan fingerprint density at radius 1 is 1.21 bits per heavy atom. The van der Waals surface area contributed by atoms with Crippen LogP contribution >= 0.6 is 11.8 Å². The molecule has 2 rings (SSSR count). The van der Waals surface area contributed by atoms with Gasteiger partial charge in [0.25, 0.3) is 5.91 Å². The van der Waals surface area contributed by atoms with E-state index in [-0.39, 0.29) is 23.7 Å². The lowest BCUT2D eigenvalue weighted by atomic mass is 10.2. The van der Waals surface area contributed by atoms with Crippen molar-refractivity contribution >= 4 is 23.6 Å². The van der Waals surface area contributed by atoms with E-state index >= 15 is 0 Å². The summed E-state index contributed by atoms with van der Waals surface area (Å²) in [4.78, 5) is 24.3. The normalized spacial score (nSPS) is 11.7. The Bertz CT molecular complexity index is 807. The van der Waals surface area contributed by atoms with Gasteiger partial charge in [0.2, 0.25) is 0 Å². The topological polar surface area (TPSA) is 95.3 Å². The number of methoxy groups -OCH3 is 1. The number of hydrogen-bond acceptors (Lipinski definition) is 7. The molecule has 8 nitrogen and oxygen atoms in total. The van der Waals surface area contributed by atoms with E-state index < -0.39 is 0 Å². The average molecular weight is 421 g/mol. The standard InChI is InChI=1S/C20H28N4O4S/c1-5-7-12-24-17(22-23-20(24)29-14(3)19(26)28-6-2)13-21-18(25)15-8-10-16(27-4)11-9-15/h8-11,14H,5-7,12-13H2,1-4H3,(H,21,25). The Morgan fingerprint density at radius 3 is 2.55 bits per heavy atom. The second-order valence-corrected chi connectivity index (χ2v) is 7.64. The largest absolute Gasteiger partial charge is 0.497 e. The van der Waals surface area contributed by atoms with Crippen LogP contribution in [0.4, 0.5) is 0 Å².